The van der Waals surface area contributed by atoms with Crippen molar-refractivity contribution in [2.45, 2.75) is 18.2 Å². The number of nitrogens with one attached hydrogen (secondary N) is 2. The molecule has 126 valence electrons. The Morgan fingerprint density at radius 1 is 1.22 bits per heavy atom. The lowest BCUT2D eigenvalue weighted by Crippen LogP contribution is -2.32. The second kappa shape index (κ2) is 8.09. The number of hydrogen-bond acceptors (Lipinski definition) is 5. The van der Waals surface area contributed by atoms with Gasteiger partial charge in [0.1, 0.15) is 16.3 Å². The first-order valence-electron chi connectivity index (χ1n) is 7.47. The van der Waals surface area contributed by atoms with Crippen LogP contribution < -0.4 is 14.8 Å². The minimum Gasteiger partial charge on any atom is -0.494 e. The first kappa shape index (κ1) is 17.5. The lowest BCUT2D eigenvalue weighted by Gasteiger charge is -2.07. The number of hydrogen-bond donors (Lipinski definition) is 2. The second-order valence-electron chi connectivity index (χ2n) is 4.94. The van der Waals surface area contributed by atoms with Crippen LogP contribution in [0.4, 0.5) is 0 Å². The highest BCUT2D eigenvalue weighted by molar-refractivity contribution is 7.89. The highest BCUT2D eigenvalue weighted by atomic mass is 32.2. The van der Waals surface area contributed by atoms with Crippen molar-refractivity contribution in [3.63, 3.8) is 0 Å². The summed E-state index contributed by atoms with van der Waals surface area (Å²) >= 11 is 0. The molecule has 0 bridgehead atoms. The smallest absolute Gasteiger partial charge is 0.243 e. The average Bonchev–Trinajstić information content (AvgIpc) is 3.05. The summed E-state index contributed by atoms with van der Waals surface area (Å²) in [5.74, 6) is 0.622. The van der Waals surface area contributed by atoms with Gasteiger partial charge in [-0.3, -0.25) is 0 Å². The van der Waals surface area contributed by atoms with Gasteiger partial charge in [-0.15, -0.1) is 0 Å². The third kappa shape index (κ3) is 4.54. The summed E-state index contributed by atoms with van der Waals surface area (Å²) in [6.07, 6.45) is 3.81. The first-order chi connectivity index (χ1) is 11.1. The Balaban J connectivity index is 2.09. The van der Waals surface area contributed by atoms with Crippen LogP contribution in [-0.4, -0.2) is 44.9 Å². The zero-order valence-electron chi connectivity index (χ0n) is 13.3. The molecule has 0 atom stereocenters. The van der Waals surface area contributed by atoms with E-state index in [0.29, 0.717) is 24.5 Å². The molecular weight excluding hydrogens is 316 g/mol. The van der Waals surface area contributed by atoms with Crippen LogP contribution in [0.15, 0.2) is 41.6 Å². The summed E-state index contributed by atoms with van der Waals surface area (Å²) in [6, 6.07) is 7.28. The molecule has 0 radical (unpaired) electrons. The lowest BCUT2D eigenvalue weighted by atomic mass is 10.3. The standard InChI is InChI=1S/C15H22N4O3S/c1-3-8-16-9-10-18-23(20,21)13-11-17-19(12-13)14-6-4-5-7-15(14)22-2/h4-7,11-12,16,18H,3,8-10H2,1-2H3. The maximum absolute atomic E-state index is 12.2. The average molecular weight is 338 g/mol. The highest BCUT2D eigenvalue weighted by Crippen LogP contribution is 2.22. The Labute approximate surface area is 136 Å². The van der Waals surface area contributed by atoms with Gasteiger partial charge in [0.25, 0.3) is 0 Å². The molecule has 0 spiro atoms. The van der Waals surface area contributed by atoms with Crippen LogP contribution in [-0.2, 0) is 10.0 Å². The van der Waals surface area contributed by atoms with E-state index in [0.717, 1.165) is 13.0 Å². The summed E-state index contributed by atoms with van der Waals surface area (Å²) in [5.41, 5.74) is 0.682. The van der Waals surface area contributed by atoms with Gasteiger partial charge in [0.05, 0.1) is 19.5 Å². The largest absolute Gasteiger partial charge is 0.494 e. The molecule has 0 saturated heterocycles. The normalized spacial score (nSPS) is 11.6. The summed E-state index contributed by atoms with van der Waals surface area (Å²) in [4.78, 5) is 0.124. The van der Waals surface area contributed by atoms with Gasteiger partial charge in [-0.25, -0.2) is 17.8 Å². The third-order valence-corrected chi connectivity index (χ3v) is 4.64. The zero-order chi connectivity index (χ0) is 16.7. The molecule has 0 unspecified atom stereocenters. The van der Waals surface area contributed by atoms with E-state index in [-0.39, 0.29) is 4.90 Å². The van der Waals surface area contributed by atoms with Gasteiger partial charge in [-0.1, -0.05) is 19.1 Å². The van der Waals surface area contributed by atoms with Crippen LogP contribution >= 0.6 is 0 Å². The molecule has 2 aromatic rings. The minimum atomic E-state index is -3.57. The Bertz CT molecular complexity index is 728. The predicted octanol–water partition coefficient (Wildman–Crippen LogP) is 1.16. The summed E-state index contributed by atoms with van der Waals surface area (Å²) < 4.78 is 33.8. The number of nitrogens with zero attached hydrogens (tertiary/aromatic N) is 2. The van der Waals surface area contributed by atoms with Crippen molar-refractivity contribution in [1.29, 1.82) is 0 Å². The molecule has 2 rings (SSSR count). The fourth-order valence-corrected chi connectivity index (χ4v) is 3.02. The fourth-order valence-electron chi connectivity index (χ4n) is 2.05. The van der Waals surface area contributed by atoms with Crippen LogP contribution in [0, 0.1) is 0 Å². The Morgan fingerprint density at radius 2 is 2.00 bits per heavy atom. The predicted molar refractivity (Wildman–Crippen MR) is 88.5 cm³/mol. The molecule has 23 heavy (non-hydrogen) atoms. The number of aromatic nitrogens is 2. The Hall–Kier alpha value is -1.90. The van der Waals surface area contributed by atoms with E-state index in [1.54, 1.807) is 13.2 Å². The molecule has 0 aliphatic carbocycles. The van der Waals surface area contributed by atoms with Crippen molar-refractivity contribution in [2.75, 3.05) is 26.7 Å². The molecule has 7 nitrogen and oxygen atoms in total. The number of benzene rings is 1. The Kier molecular flexibility index (Phi) is 6.14. The van der Waals surface area contributed by atoms with Crippen molar-refractivity contribution in [1.82, 2.24) is 19.8 Å². The number of para-hydroxylation sites is 2. The molecule has 1 aromatic heterocycles. The maximum Gasteiger partial charge on any atom is 0.243 e. The molecule has 0 fully saturated rings. The molecular formula is C15H22N4O3S. The Morgan fingerprint density at radius 3 is 2.74 bits per heavy atom. The van der Waals surface area contributed by atoms with Gasteiger partial charge in [0.2, 0.25) is 10.0 Å². The molecule has 0 aliphatic heterocycles. The fraction of sp³-hybridized carbons (Fsp3) is 0.400. The number of sulfonamides is 1. The molecule has 1 heterocycles. The number of methoxy groups -OCH3 is 1. The molecule has 2 N–H and O–H groups in total. The van der Waals surface area contributed by atoms with E-state index in [4.69, 9.17) is 4.74 Å². The van der Waals surface area contributed by atoms with E-state index in [1.165, 1.54) is 17.1 Å². The van der Waals surface area contributed by atoms with E-state index >= 15 is 0 Å². The second-order valence-corrected chi connectivity index (χ2v) is 6.71. The SMILES string of the molecule is CCCNCCNS(=O)(=O)c1cnn(-c2ccccc2OC)c1. The summed E-state index contributed by atoms with van der Waals surface area (Å²) in [6.45, 7) is 3.85. The van der Waals surface area contributed by atoms with E-state index in [1.807, 2.05) is 18.2 Å². The van der Waals surface area contributed by atoms with E-state index < -0.39 is 10.0 Å². The van der Waals surface area contributed by atoms with Gasteiger partial charge in [0.15, 0.2) is 0 Å². The molecule has 8 heteroatoms. The quantitative estimate of drug-likeness (QED) is 0.670. The molecule has 0 amide bonds. The molecule has 0 aliphatic rings. The van der Waals surface area contributed by atoms with Crippen LogP contribution in [0.2, 0.25) is 0 Å². The maximum atomic E-state index is 12.2. The van der Waals surface area contributed by atoms with E-state index in [9.17, 15) is 8.42 Å². The van der Waals surface area contributed by atoms with Crippen LogP contribution in [0.25, 0.3) is 5.69 Å². The van der Waals surface area contributed by atoms with Crippen molar-refractivity contribution in [3.8, 4) is 11.4 Å². The van der Waals surface area contributed by atoms with Gasteiger partial charge < -0.3 is 10.1 Å². The monoisotopic (exact) mass is 338 g/mol. The van der Waals surface area contributed by atoms with Gasteiger partial charge in [-0.05, 0) is 25.1 Å². The molecule has 0 saturated carbocycles. The topological polar surface area (TPSA) is 85.3 Å². The summed E-state index contributed by atoms with van der Waals surface area (Å²) in [5, 5.41) is 7.26. The van der Waals surface area contributed by atoms with Crippen molar-refractivity contribution >= 4 is 10.0 Å². The van der Waals surface area contributed by atoms with Crippen LogP contribution in [0.1, 0.15) is 13.3 Å². The van der Waals surface area contributed by atoms with Gasteiger partial charge in [0, 0.05) is 13.1 Å². The zero-order valence-corrected chi connectivity index (χ0v) is 14.1. The van der Waals surface area contributed by atoms with Crippen molar-refractivity contribution in [3.05, 3.63) is 36.7 Å². The van der Waals surface area contributed by atoms with Gasteiger partial charge in [-0.2, -0.15) is 5.10 Å². The third-order valence-electron chi connectivity index (χ3n) is 3.22. The first-order valence-corrected chi connectivity index (χ1v) is 8.95. The lowest BCUT2D eigenvalue weighted by molar-refractivity contribution is 0.411. The van der Waals surface area contributed by atoms with E-state index in [2.05, 4.69) is 22.1 Å². The molecule has 1 aromatic carbocycles. The number of ether oxygens (including phenoxy) is 1. The van der Waals surface area contributed by atoms with Gasteiger partial charge >= 0.3 is 0 Å². The summed E-state index contributed by atoms with van der Waals surface area (Å²) in [7, 11) is -2.01. The van der Waals surface area contributed by atoms with Crippen molar-refractivity contribution in [2.24, 2.45) is 0 Å². The van der Waals surface area contributed by atoms with Crippen molar-refractivity contribution < 1.29 is 13.2 Å². The van der Waals surface area contributed by atoms with Crippen LogP contribution in [0.5, 0.6) is 5.75 Å². The minimum absolute atomic E-state index is 0.124. The van der Waals surface area contributed by atoms with Crippen LogP contribution in [0.3, 0.4) is 0 Å². The highest BCUT2D eigenvalue weighted by Gasteiger charge is 2.17. The number of rotatable bonds is 9.